The number of hydrogen-bond donors (Lipinski definition) is 2. The molecule has 0 bridgehead atoms. The zero-order valence-corrected chi connectivity index (χ0v) is 19.8. The Bertz CT molecular complexity index is 773. The summed E-state index contributed by atoms with van der Waals surface area (Å²) in [6.45, 7) is 10.8. The molecule has 8 nitrogen and oxygen atoms in total. The Balaban J connectivity index is 1.80. The molecular formula is C23H39N7O. The molecule has 0 spiro atoms. The third-order valence-corrected chi connectivity index (χ3v) is 5.10. The lowest BCUT2D eigenvalue weighted by Gasteiger charge is -2.19. The van der Waals surface area contributed by atoms with Crippen LogP contribution >= 0.6 is 0 Å². The van der Waals surface area contributed by atoms with Crippen LogP contribution < -0.4 is 15.5 Å². The average Bonchev–Trinajstić information content (AvgIpc) is 3.09. The minimum atomic E-state index is 0.477. The van der Waals surface area contributed by atoms with Gasteiger partial charge < -0.3 is 24.8 Å². The van der Waals surface area contributed by atoms with E-state index in [-0.39, 0.29) is 0 Å². The second kappa shape index (κ2) is 13.6. The van der Waals surface area contributed by atoms with Gasteiger partial charge in [-0.05, 0) is 37.8 Å². The van der Waals surface area contributed by atoms with Gasteiger partial charge in [-0.3, -0.25) is 0 Å². The smallest absolute Gasteiger partial charge is 0.191 e. The van der Waals surface area contributed by atoms with Gasteiger partial charge >= 0.3 is 0 Å². The van der Waals surface area contributed by atoms with Crippen LogP contribution in [0.1, 0.15) is 38.3 Å². The van der Waals surface area contributed by atoms with Gasteiger partial charge in [-0.2, -0.15) is 0 Å². The molecule has 172 valence electrons. The summed E-state index contributed by atoms with van der Waals surface area (Å²) in [7, 11) is 4.08. The van der Waals surface area contributed by atoms with E-state index in [0.717, 1.165) is 50.1 Å². The number of aryl methyl sites for hydroxylation is 1. The van der Waals surface area contributed by atoms with Crippen molar-refractivity contribution in [3.8, 4) is 0 Å². The summed E-state index contributed by atoms with van der Waals surface area (Å²) in [5.74, 6) is 3.16. The fraction of sp³-hybridized carbons (Fsp3) is 0.609. The zero-order chi connectivity index (χ0) is 22.5. The third-order valence-electron chi connectivity index (χ3n) is 5.10. The maximum absolute atomic E-state index is 5.71. The predicted octanol–water partition coefficient (Wildman–Crippen LogP) is 2.75. The van der Waals surface area contributed by atoms with Crippen LogP contribution in [-0.2, 0) is 18.3 Å². The quantitative estimate of drug-likeness (QED) is 0.290. The first-order chi connectivity index (χ1) is 15.0. The maximum atomic E-state index is 5.71. The Hall–Kier alpha value is -2.61. The van der Waals surface area contributed by atoms with Crippen LogP contribution in [0.3, 0.4) is 0 Å². The molecule has 0 radical (unpaired) electrons. The fourth-order valence-electron chi connectivity index (χ4n) is 2.91. The van der Waals surface area contributed by atoms with Crippen molar-refractivity contribution in [3.05, 3.63) is 42.0 Å². The number of nitrogens with zero attached hydrogens (tertiary/aromatic N) is 5. The highest BCUT2D eigenvalue weighted by atomic mass is 16.5. The molecule has 31 heavy (non-hydrogen) atoms. The molecular weight excluding hydrogens is 390 g/mol. The van der Waals surface area contributed by atoms with E-state index in [0.29, 0.717) is 25.6 Å². The zero-order valence-electron chi connectivity index (χ0n) is 19.8. The van der Waals surface area contributed by atoms with Gasteiger partial charge in [0.1, 0.15) is 12.4 Å². The summed E-state index contributed by atoms with van der Waals surface area (Å²) in [6.07, 6.45) is 2.08. The molecule has 0 unspecified atom stereocenters. The number of anilines is 1. The normalized spacial score (nSPS) is 11.7. The van der Waals surface area contributed by atoms with E-state index in [1.165, 1.54) is 5.69 Å². The van der Waals surface area contributed by atoms with E-state index in [1.54, 1.807) is 0 Å². The van der Waals surface area contributed by atoms with E-state index in [4.69, 9.17) is 9.73 Å². The topological polar surface area (TPSA) is 79.6 Å². The highest BCUT2D eigenvalue weighted by Gasteiger charge is 2.06. The minimum Gasteiger partial charge on any atom is -0.380 e. The first kappa shape index (κ1) is 24.7. The molecule has 8 heteroatoms. The van der Waals surface area contributed by atoms with Gasteiger partial charge in [0, 0.05) is 46.0 Å². The van der Waals surface area contributed by atoms with Crippen molar-refractivity contribution in [3.63, 3.8) is 0 Å². The molecule has 2 aromatic rings. The predicted molar refractivity (Wildman–Crippen MR) is 127 cm³/mol. The summed E-state index contributed by atoms with van der Waals surface area (Å²) in [6, 6.07) is 10.4. The summed E-state index contributed by atoms with van der Waals surface area (Å²) >= 11 is 0. The third kappa shape index (κ3) is 9.38. The van der Waals surface area contributed by atoms with Gasteiger partial charge in [0.2, 0.25) is 0 Å². The van der Waals surface area contributed by atoms with E-state index in [9.17, 15) is 0 Å². The number of nitrogens with one attached hydrogen (secondary N) is 2. The Morgan fingerprint density at radius 1 is 1.13 bits per heavy atom. The van der Waals surface area contributed by atoms with Gasteiger partial charge in [0.05, 0.1) is 6.61 Å². The molecule has 0 saturated heterocycles. The van der Waals surface area contributed by atoms with E-state index >= 15 is 0 Å². The van der Waals surface area contributed by atoms with Crippen molar-refractivity contribution in [1.82, 2.24) is 25.4 Å². The lowest BCUT2D eigenvalue weighted by Crippen LogP contribution is -2.40. The molecule has 1 heterocycles. The largest absolute Gasteiger partial charge is 0.380 e. The molecule has 0 saturated carbocycles. The van der Waals surface area contributed by atoms with Crippen molar-refractivity contribution in [2.75, 3.05) is 44.8 Å². The highest BCUT2D eigenvalue weighted by molar-refractivity contribution is 5.79. The SMILES string of the molecule is Cc1nnc(CN=C(NCCCN(C)c2ccccc2)NCCOCCC(C)C)n1C. The summed E-state index contributed by atoms with van der Waals surface area (Å²) in [4.78, 5) is 6.95. The van der Waals surface area contributed by atoms with Crippen molar-refractivity contribution in [1.29, 1.82) is 0 Å². The Kier molecular flexibility index (Phi) is 10.9. The molecule has 2 N–H and O–H groups in total. The van der Waals surface area contributed by atoms with Crippen LogP contribution in [0.5, 0.6) is 0 Å². The van der Waals surface area contributed by atoms with Crippen LogP contribution in [0.25, 0.3) is 0 Å². The molecule has 0 aliphatic heterocycles. The number of hydrogen-bond acceptors (Lipinski definition) is 5. The first-order valence-corrected chi connectivity index (χ1v) is 11.2. The molecule has 0 aliphatic carbocycles. The van der Waals surface area contributed by atoms with Gasteiger partial charge in [-0.25, -0.2) is 4.99 Å². The van der Waals surface area contributed by atoms with Crippen LogP contribution in [0.4, 0.5) is 5.69 Å². The summed E-state index contributed by atoms with van der Waals surface area (Å²) < 4.78 is 7.67. The number of rotatable bonds is 13. The van der Waals surface area contributed by atoms with Gasteiger partial charge in [0.15, 0.2) is 11.8 Å². The average molecular weight is 430 g/mol. The Morgan fingerprint density at radius 3 is 2.55 bits per heavy atom. The second-order valence-electron chi connectivity index (χ2n) is 8.15. The molecule has 1 aromatic heterocycles. The molecule has 0 atom stereocenters. The standard InChI is InChI=1S/C23H39N7O/c1-19(2)12-16-31-17-14-25-23(26-18-22-28-27-20(3)30(22)5)24-13-9-15-29(4)21-10-7-6-8-11-21/h6-8,10-11,19H,9,12-18H2,1-5H3,(H2,24,25,26). The monoisotopic (exact) mass is 429 g/mol. The Morgan fingerprint density at radius 2 is 1.87 bits per heavy atom. The van der Waals surface area contributed by atoms with Gasteiger partial charge in [-0.1, -0.05) is 32.0 Å². The highest BCUT2D eigenvalue weighted by Crippen LogP contribution is 2.10. The first-order valence-electron chi connectivity index (χ1n) is 11.2. The maximum Gasteiger partial charge on any atom is 0.191 e. The van der Waals surface area contributed by atoms with E-state index < -0.39 is 0 Å². The van der Waals surface area contributed by atoms with Crippen molar-refractivity contribution in [2.45, 2.75) is 40.2 Å². The lowest BCUT2D eigenvalue weighted by molar-refractivity contribution is 0.128. The number of guanidine groups is 1. The van der Waals surface area contributed by atoms with Crippen LogP contribution in [0.2, 0.25) is 0 Å². The number of aromatic nitrogens is 3. The summed E-state index contributed by atoms with van der Waals surface area (Å²) in [5, 5.41) is 15.1. The number of ether oxygens (including phenoxy) is 1. The molecule has 0 amide bonds. The van der Waals surface area contributed by atoms with Crippen molar-refractivity contribution < 1.29 is 4.74 Å². The van der Waals surface area contributed by atoms with Crippen LogP contribution in [0, 0.1) is 12.8 Å². The molecule has 2 rings (SSSR count). The van der Waals surface area contributed by atoms with E-state index in [2.05, 4.69) is 70.9 Å². The van der Waals surface area contributed by atoms with Crippen LogP contribution in [0.15, 0.2) is 35.3 Å². The number of aliphatic imine (C=N–C) groups is 1. The van der Waals surface area contributed by atoms with Crippen molar-refractivity contribution in [2.24, 2.45) is 18.0 Å². The number of benzene rings is 1. The number of para-hydroxylation sites is 1. The van der Waals surface area contributed by atoms with Crippen LogP contribution in [-0.4, -0.2) is 60.6 Å². The molecule has 0 aliphatic rings. The summed E-state index contributed by atoms with van der Waals surface area (Å²) in [5.41, 5.74) is 1.23. The second-order valence-corrected chi connectivity index (χ2v) is 8.15. The molecule has 0 fully saturated rings. The van der Waals surface area contributed by atoms with E-state index in [1.807, 2.05) is 24.6 Å². The van der Waals surface area contributed by atoms with Gasteiger partial charge in [-0.15, -0.1) is 10.2 Å². The van der Waals surface area contributed by atoms with Crippen molar-refractivity contribution >= 4 is 11.6 Å². The van der Waals surface area contributed by atoms with Gasteiger partial charge in [0.25, 0.3) is 0 Å². The fourth-order valence-corrected chi connectivity index (χ4v) is 2.91. The minimum absolute atomic E-state index is 0.477. The molecule has 1 aromatic carbocycles. The Labute approximate surface area is 187 Å². The lowest BCUT2D eigenvalue weighted by atomic mass is 10.1.